The number of hydrogen-bond acceptors (Lipinski definition) is 3. The number of imidazole rings is 1. The topological polar surface area (TPSA) is 83.5 Å². The summed E-state index contributed by atoms with van der Waals surface area (Å²) in [6, 6.07) is 0. The van der Waals surface area contributed by atoms with E-state index in [1.54, 1.807) is 0 Å². The number of fused-ring (bicyclic) bond motifs is 1. The summed E-state index contributed by atoms with van der Waals surface area (Å²) in [5.74, 6) is 5.84. The molecule has 2 N–H and O–H groups in total. The Hall–Kier alpha value is -1.81. The second-order valence-electron chi connectivity index (χ2n) is 3.04. The molecule has 0 atom stereocenters. The van der Waals surface area contributed by atoms with Gasteiger partial charge in [0.05, 0.1) is 5.33 Å². The maximum atomic E-state index is 11.4. The highest BCUT2D eigenvalue weighted by Crippen LogP contribution is 2.02. The minimum Gasteiger partial charge on any atom is -0.325 e. The molecule has 16 heavy (non-hydrogen) atoms. The van der Waals surface area contributed by atoms with Gasteiger partial charge >= 0.3 is 5.69 Å². The lowest BCUT2D eigenvalue weighted by molar-refractivity contribution is 0.832. The van der Waals surface area contributed by atoms with Crippen molar-refractivity contribution >= 4 is 27.1 Å². The van der Waals surface area contributed by atoms with E-state index < -0.39 is 11.2 Å². The highest BCUT2D eigenvalue weighted by Gasteiger charge is 2.08. The third-order valence-corrected chi connectivity index (χ3v) is 2.31. The zero-order chi connectivity index (χ0) is 11.7. The monoisotopic (exact) mass is 282 g/mol. The summed E-state index contributed by atoms with van der Waals surface area (Å²) in [5, 5.41) is 0.513. The van der Waals surface area contributed by atoms with Gasteiger partial charge in [-0.2, -0.15) is 0 Å². The number of nitrogens with one attached hydrogen (secondary N) is 2. The van der Waals surface area contributed by atoms with E-state index >= 15 is 0 Å². The van der Waals surface area contributed by atoms with Crippen molar-refractivity contribution < 1.29 is 0 Å². The van der Waals surface area contributed by atoms with Crippen LogP contribution in [0.2, 0.25) is 0 Å². The molecule has 0 saturated carbocycles. The molecule has 2 aromatic rings. The van der Waals surface area contributed by atoms with Crippen LogP contribution in [0.1, 0.15) is 5.82 Å². The van der Waals surface area contributed by atoms with Crippen molar-refractivity contribution in [2.75, 3.05) is 5.33 Å². The summed E-state index contributed by atoms with van der Waals surface area (Å²) in [7, 11) is 1.53. The minimum atomic E-state index is -0.496. The molecule has 2 heterocycles. The first-order chi connectivity index (χ1) is 7.63. The smallest absolute Gasteiger partial charge is 0.325 e. The van der Waals surface area contributed by atoms with Gasteiger partial charge in [-0.25, -0.2) is 9.78 Å². The number of alkyl halides is 1. The van der Waals surface area contributed by atoms with Crippen molar-refractivity contribution in [2.45, 2.75) is 0 Å². The van der Waals surface area contributed by atoms with Gasteiger partial charge < -0.3 is 4.98 Å². The zero-order valence-corrected chi connectivity index (χ0v) is 9.88. The van der Waals surface area contributed by atoms with Crippen LogP contribution in [0.25, 0.3) is 11.2 Å². The zero-order valence-electron chi connectivity index (χ0n) is 8.30. The van der Waals surface area contributed by atoms with Gasteiger partial charge in [0.1, 0.15) is 0 Å². The molecule has 0 spiro atoms. The molecule has 0 unspecified atom stereocenters. The fraction of sp³-hybridized carbons (Fsp3) is 0.222. The van der Waals surface area contributed by atoms with Crippen LogP contribution in [0.4, 0.5) is 0 Å². The van der Waals surface area contributed by atoms with Crippen LogP contribution in [-0.4, -0.2) is 24.8 Å². The van der Waals surface area contributed by atoms with Crippen LogP contribution in [0.15, 0.2) is 9.59 Å². The van der Waals surface area contributed by atoms with E-state index in [9.17, 15) is 9.59 Å². The van der Waals surface area contributed by atoms with Crippen molar-refractivity contribution in [1.82, 2.24) is 19.5 Å². The van der Waals surface area contributed by atoms with Crippen LogP contribution in [-0.2, 0) is 7.05 Å². The Balaban J connectivity index is 2.80. The number of hydrogen-bond donors (Lipinski definition) is 2. The number of aryl methyl sites for hydroxylation is 1. The summed E-state index contributed by atoms with van der Waals surface area (Å²) in [6.45, 7) is 0. The van der Waals surface area contributed by atoms with Gasteiger partial charge in [0.2, 0.25) is 0 Å². The van der Waals surface area contributed by atoms with Gasteiger partial charge in [0.15, 0.2) is 17.0 Å². The molecular formula is C9H7BrN4O2. The number of nitrogens with zero attached hydrogens (tertiary/aromatic N) is 2. The predicted molar refractivity (Wildman–Crippen MR) is 62.6 cm³/mol. The third-order valence-electron chi connectivity index (χ3n) is 2.03. The number of halogens is 1. The van der Waals surface area contributed by atoms with Crippen molar-refractivity contribution in [3.05, 3.63) is 26.7 Å². The second kappa shape index (κ2) is 3.98. The molecule has 0 aliphatic rings. The van der Waals surface area contributed by atoms with E-state index in [1.165, 1.54) is 11.6 Å². The van der Waals surface area contributed by atoms with E-state index in [4.69, 9.17) is 0 Å². The van der Waals surface area contributed by atoms with Crippen LogP contribution >= 0.6 is 15.9 Å². The van der Waals surface area contributed by atoms with Gasteiger partial charge in [0.25, 0.3) is 5.56 Å². The lowest BCUT2D eigenvalue weighted by Gasteiger charge is -1.94. The summed E-state index contributed by atoms with van der Waals surface area (Å²) >= 11 is 3.15. The first-order valence-electron chi connectivity index (χ1n) is 4.37. The van der Waals surface area contributed by atoms with Crippen LogP contribution in [0, 0.1) is 11.8 Å². The summed E-state index contributed by atoms with van der Waals surface area (Å²) < 4.78 is 1.26. The molecule has 0 aromatic carbocycles. The second-order valence-corrected chi connectivity index (χ2v) is 3.60. The first-order valence-corrected chi connectivity index (χ1v) is 5.49. The van der Waals surface area contributed by atoms with Crippen LogP contribution in [0.3, 0.4) is 0 Å². The van der Waals surface area contributed by atoms with Crippen molar-refractivity contribution in [3.8, 4) is 11.8 Å². The fourth-order valence-corrected chi connectivity index (χ4v) is 1.42. The number of aromatic amines is 2. The maximum Gasteiger partial charge on any atom is 0.329 e. The molecule has 6 nitrogen and oxygen atoms in total. The highest BCUT2D eigenvalue weighted by atomic mass is 79.9. The summed E-state index contributed by atoms with van der Waals surface area (Å²) in [6.07, 6.45) is 0. The Bertz CT molecular complexity index is 713. The van der Waals surface area contributed by atoms with E-state index in [2.05, 4.69) is 42.7 Å². The Labute approximate surface area is 97.8 Å². The minimum absolute atomic E-state index is 0.251. The van der Waals surface area contributed by atoms with Gasteiger partial charge in [-0.05, 0) is 5.92 Å². The SMILES string of the molecule is Cn1c(=O)[nH]c(=O)c2[nH]c(C#CCBr)nc21. The van der Waals surface area contributed by atoms with Crippen molar-refractivity contribution in [2.24, 2.45) is 7.05 Å². The Morgan fingerprint density at radius 1 is 1.44 bits per heavy atom. The van der Waals surface area contributed by atoms with E-state index in [1.807, 2.05) is 0 Å². The highest BCUT2D eigenvalue weighted by molar-refractivity contribution is 9.09. The van der Waals surface area contributed by atoms with E-state index in [-0.39, 0.29) is 5.52 Å². The van der Waals surface area contributed by atoms with Gasteiger partial charge in [0, 0.05) is 7.05 Å². The molecule has 7 heteroatoms. The molecule has 2 aromatic heterocycles. The summed E-state index contributed by atoms with van der Waals surface area (Å²) in [4.78, 5) is 31.7. The first kappa shape index (κ1) is 10.7. The largest absolute Gasteiger partial charge is 0.329 e. The maximum absolute atomic E-state index is 11.4. The van der Waals surface area contributed by atoms with Crippen molar-refractivity contribution in [1.29, 1.82) is 0 Å². The average molecular weight is 283 g/mol. The Morgan fingerprint density at radius 2 is 2.19 bits per heavy atom. The molecule has 82 valence electrons. The molecule has 0 aliphatic carbocycles. The van der Waals surface area contributed by atoms with Gasteiger partial charge in [-0.1, -0.05) is 21.9 Å². The molecule has 0 bridgehead atoms. The average Bonchev–Trinajstić information content (AvgIpc) is 2.68. The standard InChI is InChI=1S/C9H7BrN4O2/c1-14-7-6(8(15)13-9(14)16)11-5(12-7)3-2-4-10/h4H2,1H3,(H,11,12)(H,13,15,16). The Morgan fingerprint density at radius 3 is 2.88 bits per heavy atom. The van der Waals surface area contributed by atoms with Gasteiger partial charge in [-0.3, -0.25) is 14.3 Å². The molecule has 0 saturated heterocycles. The molecule has 0 radical (unpaired) electrons. The molecule has 2 rings (SSSR count). The normalized spacial score (nSPS) is 10.1. The summed E-state index contributed by atoms with van der Waals surface area (Å²) in [5.41, 5.74) is -0.435. The number of aromatic nitrogens is 4. The quantitative estimate of drug-likeness (QED) is 0.514. The number of H-pyrrole nitrogens is 2. The Kier molecular flexibility index (Phi) is 2.66. The fourth-order valence-electron chi connectivity index (χ4n) is 1.28. The lowest BCUT2D eigenvalue weighted by Crippen LogP contribution is -2.28. The third kappa shape index (κ3) is 1.67. The predicted octanol–water partition coefficient (Wildman–Crippen LogP) is -0.304. The number of rotatable bonds is 0. The molecule has 0 fully saturated rings. The molecular weight excluding hydrogens is 276 g/mol. The molecule has 0 aliphatic heterocycles. The van der Waals surface area contributed by atoms with Gasteiger partial charge in [-0.15, -0.1) is 0 Å². The van der Waals surface area contributed by atoms with E-state index in [0.29, 0.717) is 16.8 Å². The lowest BCUT2D eigenvalue weighted by atomic mass is 10.5. The van der Waals surface area contributed by atoms with Crippen molar-refractivity contribution in [3.63, 3.8) is 0 Å². The van der Waals surface area contributed by atoms with Crippen LogP contribution in [0.5, 0.6) is 0 Å². The molecule has 0 amide bonds. The van der Waals surface area contributed by atoms with E-state index in [0.717, 1.165) is 0 Å². The van der Waals surface area contributed by atoms with Crippen LogP contribution < -0.4 is 11.2 Å².